The van der Waals surface area contributed by atoms with Gasteiger partial charge in [0.1, 0.15) is 10.7 Å². The molecule has 1 heterocycles. The second-order valence-corrected chi connectivity index (χ2v) is 6.79. The van der Waals surface area contributed by atoms with Gasteiger partial charge in [-0.1, -0.05) is 6.07 Å². The molecule has 0 aliphatic carbocycles. The molecule has 0 amide bonds. The van der Waals surface area contributed by atoms with Gasteiger partial charge in [0.05, 0.1) is 5.69 Å². The summed E-state index contributed by atoms with van der Waals surface area (Å²) in [6.45, 7) is 0.445. The highest BCUT2D eigenvalue weighted by Gasteiger charge is 2.36. The molecule has 1 aromatic rings. The first-order valence-corrected chi connectivity index (χ1v) is 8.09. The number of benzene rings is 1. The number of hydrogen-bond donors (Lipinski definition) is 2. The molecule has 3 N–H and O–H groups in total. The predicted octanol–water partition coefficient (Wildman–Crippen LogP) is 1.33. The number of aliphatic hydroxyl groups is 1. The van der Waals surface area contributed by atoms with E-state index in [2.05, 4.69) is 0 Å². The molecule has 1 unspecified atom stereocenters. The first-order valence-electron chi connectivity index (χ1n) is 6.65. The lowest BCUT2D eigenvalue weighted by Gasteiger charge is -2.24. The molecule has 112 valence electrons. The summed E-state index contributed by atoms with van der Waals surface area (Å²) in [5, 5.41) is 8.88. The normalized spacial score (nSPS) is 20.4. The highest BCUT2D eigenvalue weighted by molar-refractivity contribution is 7.89. The molecular formula is C13H19FN2O3S. The third kappa shape index (κ3) is 2.79. The molecule has 1 fully saturated rings. The van der Waals surface area contributed by atoms with Gasteiger partial charge in [0.2, 0.25) is 10.0 Å². The van der Waals surface area contributed by atoms with Gasteiger partial charge >= 0.3 is 0 Å². The quantitative estimate of drug-likeness (QED) is 0.804. The fourth-order valence-corrected chi connectivity index (χ4v) is 4.46. The lowest BCUT2D eigenvalue weighted by molar-refractivity contribution is 0.264. The highest BCUT2D eigenvalue weighted by atomic mass is 32.2. The van der Waals surface area contributed by atoms with E-state index in [4.69, 9.17) is 10.8 Å². The van der Waals surface area contributed by atoms with E-state index in [9.17, 15) is 12.8 Å². The minimum absolute atomic E-state index is 0.0342. The van der Waals surface area contributed by atoms with Crippen LogP contribution in [0.15, 0.2) is 23.1 Å². The molecule has 1 aliphatic rings. The second-order valence-electron chi connectivity index (χ2n) is 4.93. The van der Waals surface area contributed by atoms with Crippen molar-refractivity contribution in [2.24, 2.45) is 0 Å². The molecule has 7 heteroatoms. The Hall–Kier alpha value is -1.18. The Bertz CT molecular complexity index is 577. The van der Waals surface area contributed by atoms with Crippen molar-refractivity contribution < 1.29 is 17.9 Å². The molecule has 0 spiro atoms. The summed E-state index contributed by atoms with van der Waals surface area (Å²) >= 11 is 0. The Labute approximate surface area is 118 Å². The van der Waals surface area contributed by atoms with Crippen LogP contribution in [-0.4, -0.2) is 37.0 Å². The smallest absolute Gasteiger partial charge is 0.245 e. The van der Waals surface area contributed by atoms with Gasteiger partial charge in [0.15, 0.2) is 0 Å². The molecule has 1 aliphatic heterocycles. The van der Waals surface area contributed by atoms with Crippen molar-refractivity contribution in [2.75, 3.05) is 18.9 Å². The number of nitrogen functional groups attached to an aromatic ring is 1. The number of aliphatic hydroxyl groups excluding tert-OH is 1. The van der Waals surface area contributed by atoms with E-state index < -0.39 is 15.8 Å². The summed E-state index contributed by atoms with van der Waals surface area (Å²) in [7, 11) is -3.78. The molecule has 1 saturated heterocycles. The summed E-state index contributed by atoms with van der Waals surface area (Å²) in [5.41, 5.74) is 5.23. The van der Waals surface area contributed by atoms with Crippen molar-refractivity contribution in [3.05, 3.63) is 24.0 Å². The van der Waals surface area contributed by atoms with E-state index in [1.54, 1.807) is 0 Å². The molecule has 1 atom stereocenters. The fraction of sp³-hybridized carbons (Fsp3) is 0.538. The van der Waals surface area contributed by atoms with Gasteiger partial charge in [-0.2, -0.15) is 4.31 Å². The Morgan fingerprint density at radius 1 is 1.45 bits per heavy atom. The molecular weight excluding hydrogens is 283 g/mol. The molecule has 5 nitrogen and oxygen atoms in total. The second kappa shape index (κ2) is 6.07. The first-order chi connectivity index (χ1) is 9.48. The van der Waals surface area contributed by atoms with Crippen LogP contribution in [0, 0.1) is 5.82 Å². The van der Waals surface area contributed by atoms with Gasteiger partial charge in [-0.25, -0.2) is 12.8 Å². The summed E-state index contributed by atoms with van der Waals surface area (Å²) < 4.78 is 40.0. The van der Waals surface area contributed by atoms with Gasteiger partial charge in [-0.3, -0.25) is 0 Å². The molecule has 2 rings (SSSR count). The van der Waals surface area contributed by atoms with Crippen LogP contribution >= 0.6 is 0 Å². The van der Waals surface area contributed by atoms with Crippen LogP contribution < -0.4 is 5.73 Å². The van der Waals surface area contributed by atoms with Gasteiger partial charge in [-0.15, -0.1) is 0 Å². The van der Waals surface area contributed by atoms with Crippen molar-refractivity contribution in [1.82, 2.24) is 4.31 Å². The zero-order valence-corrected chi connectivity index (χ0v) is 11.9. The number of hydrogen-bond acceptors (Lipinski definition) is 4. The van der Waals surface area contributed by atoms with E-state index >= 15 is 0 Å². The number of para-hydroxylation sites is 1. The summed E-state index contributed by atoms with van der Waals surface area (Å²) in [6, 6.07) is 3.67. The minimum atomic E-state index is -3.78. The van der Waals surface area contributed by atoms with Crippen LogP contribution in [0.5, 0.6) is 0 Å². The molecule has 0 saturated carbocycles. The van der Waals surface area contributed by atoms with Crippen molar-refractivity contribution in [3.8, 4) is 0 Å². The van der Waals surface area contributed by atoms with E-state index in [0.717, 1.165) is 18.9 Å². The van der Waals surface area contributed by atoms with E-state index in [1.807, 2.05) is 0 Å². The van der Waals surface area contributed by atoms with Crippen molar-refractivity contribution in [2.45, 2.75) is 36.6 Å². The zero-order chi connectivity index (χ0) is 14.8. The van der Waals surface area contributed by atoms with Gasteiger partial charge in [0, 0.05) is 19.2 Å². The van der Waals surface area contributed by atoms with Gasteiger partial charge in [0.25, 0.3) is 0 Å². The van der Waals surface area contributed by atoms with Crippen LogP contribution in [0.2, 0.25) is 0 Å². The SMILES string of the molecule is Nc1c(F)cccc1S(=O)(=O)N1CCCC1CCCO. The molecule has 0 bridgehead atoms. The van der Waals surface area contributed by atoms with E-state index in [-0.39, 0.29) is 23.2 Å². The molecule has 20 heavy (non-hydrogen) atoms. The zero-order valence-electron chi connectivity index (χ0n) is 11.1. The number of rotatable bonds is 5. The summed E-state index contributed by atoms with van der Waals surface area (Å²) in [5.74, 6) is -0.725. The summed E-state index contributed by atoms with van der Waals surface area (Å²) in [6.07, 6.45) is 2.68. The number of sulfonamides is 1. The van der Waals surface area contributed by atoms with Crippen LogP contribution in [-0.2, 0) is 10.0 Å². The van der Waals surface area contributed by atoms with Crippen LogP contribution in [0.1, 0.15) is 25.7 Å². The topological polar surface area (TPSA) is 83.6 Å². The van der Waals surface area contributed by atoms with Gasteiger partial charge < -0.3 is 10.8 Å². The van der Waals surface area contributed by atoms with Crippen molar-refractivity contribution in [1.29, 1.82) is 0 Å². The van der Waals surface area contributed by atoms with E-state index in [1.165, 1.54) is 16.4 Å². The minimum Gasteiger partial charge on any atom is -0.396 e. The van der Waals surface area contributed by atoms with Crippen LogP contribution in [0.4, 0.5) is 10.1 Å². The number of nitrogens with two attached hydrogens (primary N) is 1. The lowest BCUT2D eigenvalue weighted by Crippen LogP contribution is -2.36. The fourth-order valence-electron chi connectivity index (χ4n) is 2.61. The summed E-state index contributed by atoms with van der Waals surface area (Å²) in [4.78, 5) is -0.173. The largest absolute Gasteiger partial charge is 0.396 e. The maximum absolute atomic E-state index is 13.5. The molecule has 0 aromatic heterocycles. The highest BCUT2D eigenvalue weighted by Crippen LogP contribution is 2.31. The number of anilines is 1. The third-order valence-electron chi connectivity index (χ3n) is 3.62. The van der Waals surface area contributed by atoms with Crippen molar-refractivity contribution in [3.63, 3.8) is 0 Å². The Kier molecular flexibility index (Phi) is 4.62. The average molecular weight is 302 g/mol. The monoisotopic (exact) mass is 302 g/mol. The predicted molar refractivity (Wildman–Crippen MR) is 74.0 cm³/mol. The standard InChI is InChI=1S/C13H19FN2O3S/c14-11-6-1-7-12(13(11)15)20(18,19)16-8-2-4-10(16)5-3-9-17/h1,6-7,10,17H,2-5,8-9,15H2. The Morgan fingerprint density at radius 2 is 2.20 bits per heavy atom. The van der Waals surface area contributed by atoms with Crippen LogP contribution in [0.25, 0.3) is 0 Å². The average Bonchev–Trinajstić information content (AvgIpc) is 2.88. The first kappa shape index (κ1) is 15.2. The Morgan fingerprint density at radius 3 is 2.90 bits per heavy atom. The maximum Gasteiger partial charge on any atom is 0.245 e. The van der Waals surface area contributed by atoms with E-state index in [0.29, 0.717) is 19.4 Å². The third-order valence-corrected chi connectivity index (χ3v) is 5.63. The number of nitrogens with zero attached hydrogens (tertiary/aromatic N) is 1. The lowest BCUT2D eigenvalue weighted by atomic mass is 10.1. The Balaban J connectivity index is 2.32. The molecule has 1 aromatic carbocycles. The number of halogens is 1. The maximum atomic E-state index is 13.5. The van der Waals surface area contributed by atoms with Gasteiger partial charge in [-0.05, 0) is 37.8 Å². The molecule has 0 radical (unpaired) electrons. The van der Waals surface area contributed by atoms with Crippen molar-refractivity contribution >= 4 is 15.7 Å². The van der Waals surface area contributed by atoms with Crippen LogP contribution in [0.3, 0.4) is 0 Å².